The second-order valence-corrected chi connectivity index (χ2v) is 14.5. The molecule has 44 heavy (non-hydrogen) atoms. The number of benzene rings is 1. The normalized spacial score (nSPS) is 45.0. The molecule has 0 aromatic heterocycles. The van der Waals surface area contributed by atoms with Crippen molar-refractivity contribution in [1.82, 2.24) is 0 Å². The Hall–Kier alpha value is -2.01. The molecular weight excluding hydrogens is 564 g/mol. The van der Waals surface area contributed by atoms with E-state index < -0.39 is 37.3 Å². The highest BCUT2D eigenvalue weighted by molar-refractivity contribution is 5.81. The van der Waals surface area contributed by atoms with Gasteiger partial charge >= 0.3 is 0 Å². The van der Waals surface area contributed by atoms with Gasteiger partial charge in [-0.05, 0) is 105 Å². The monoisotopic (exact) mass is 614 g/mol. The van der Waals surface area contributed by atoms with Crippen LogP contribution in [0.3, 0.4) is 0 Å². The summed E-state index contributed by atoms with van der Waals surface area (Å²) in [6.07, 6.45) is 2.34. The molecule has 4 N–H and O–H groups in total. The van der Waals surface area contributed by atoms with E-state index in [2.05, 4.69) is 26.0 Å². The fourth-order valence-electron chi connectivity index (χ4n) is 10.3. The number of fused-ring (bicyclic) bond motifs is 5. The molecule has 0 spiro atoms. The molecule has 0 unspecified atom stereocenters. The van der Waals surface area contributed by atoms with Gasteiger partial charge in [-0.15, -0.1) is 0 Å². The van der Waals surface area contributed by atoms with Gasteiger partial charge in [0.1, 0.15) is 41.7 Å². The number of hydrogen-bond acceptors (Lipinski definition) is 9. The van der Waals surface area contributed by atoms with Crippen LogP contribution < -0.4 is 9.47 Å². The Kier molecular flexibility index (Phi) is 8.70. The van der Waals surface area contributed by atoms with Gasteiger partial charge in [0.15, 0.2) is 6.29 Å². The van der Waals surface area contributed by atoms with E-state index in [1.807, 2.05) is 12.1 Å². The minimum absolute atomic E-state index is 0.0248. The average molecular weight is 615 g/mol. The number of carbonyl (C=O) groups is 1. The summed E-state index contributed by atoms with van der Waals surface area (Å²) < 4.78 is 23.2. The van der Waals surface area contributed by atoms with Crippen molar-refractivity contribution in [2.24, 2.45) is 34.5 Å². The summed E-state index contributed by atoms with van der Waals surface area (Å²) >= 11 is 0. The topological polar surface area (TPSA) is 135 Å². The molecule has 4 aliphatic carbocycles. The third kappa shape index (κ3) is 5.03. The Morgan fingerprint density at radius 2 is 1.80 bits per heavy atom. The molecule has 1 aromatic carbocycles. The Labute approximate surface area is 260 Å². The summed E-state index contributed by atoms with van der Waals surface area (Å²) in [7, 11) is 3.37. The molecular formula is C35H50O9. The number of aliphatic hydroxyl groups is 4. The van der Waals surface area contributed by atoms with Gasteiger partial charge in [-0.25, -0.2) is 0 Å². The zero-order chi connectivity index (χ0) is 31.6. The van der Waals surface area contributed by atoms with Gasteiger partial charge in [0.2, 0.25) is 0 Å². The van der Waals surface area contributed by atoms with Gasteiger partial charge in [0.25, 0.3) is 0 Å². The lowest BCUT2D eigenvalue weighted by molar-refractivity contribution is -0.313. The number of ketones is 1. The summed E-state index contributed by atoms with van der Waals surface area (Å²) in [5.74, 6) is 3.25. The lowest BCUT2D eigenvalue weighted by atomic mass is 9.47. The lowest BCUT2D eigenvalue weighted by Crippen LogP contribution is -2.60. The van der Waals surface area contributed by atoms with E-state index in [9.17, 15) is 25.2 Å². The van der Waals surface area contributed by atoms with Crippen molar-refractivity contribution in [3.05, 3.63) is 35.4 Å². The van der Waals surface area contributed by atoms with Crippen molar-refractivity contribution >= 4 is 5.78 Å². The summed E-state index contributed by atoms with van der Waals surface area (Å²) in [6, 6.07) is 5.94. The summed E-state index contributed by atoms with van der Waals surface area (Å²) in [5, 5.41) is 40.5. The van der Waals surface area contributed by atoms with Crippen molar-refractivity contribution in [2.45, 2.75) is 108 Å². The maximum atomic E-state index is 13.4. The number of methoxy groups -OCH3 is 2. The van der Waals surface area contributed by atoms with Crippen LogP contribution in [0, 0.1) is 34.5 Å². The molecule has 244 valence electrons. The Balaban J connectivity index is 1.24. The first kappa shape index (κ1) is 32.0. The molecule has 1 aromatic rings. The number of aliphatic hydroxyl groups excluding tert-OH is 4. The molecule has 0 radical (unpaired) electrons. The van der Waals surface area contributed by atoms with Crippen molar-refractivity contribution < 1.29 is 44.2 Å². The number of allylic oxidation sites excluding steroid dienone is 1. The summed E-state index contributed by atoms with van der Waals surface area (Å²) in [4.78, 5) is 13.4. The van der Waals surface area contributed by atoms with Crippen molar-refractivity contribution in [3.8, 4) is 11.5 Å². The van der Waals surface area contributed by atoms with Gasteiger partial charge in [0.05, 0.1) is 26.9 Å². The van der Waals surface area contributed by atoms with Crippen LogP contribution in [0.5, 0.6) is 11.5 Å². The van der Waals surface area contributed by atoms with Gasteiger partial charge < -0.3 is 39.4 Å². The molecule has 0 amide bonds. The maximum absolute atomic E-state index is 13.4. The average Bonchev–Trinajstić information content (AvgIpc) is 3.34. The summed E-state index contributed by atoms with van der Waals surface area (Å²) in [5.41, 5.74) is 2.40. The highest BCUT2D eigenvalue weighted by Crippen LogP contribution is 2.69. The largest absolute Gasteiger partial charge is 0.497 e. The predicted molar refractivity (Wildman–Crippen MR) is 162 cm³/mol. The maximum Gasteiger partial charge on any atom is 0.186 e. The second-order valence-electron chi connectivity index (χ2n) is 14.5. The molecule has 1 aliphatic heterocycles. The van der Waals surface area contributed by atoms with E-state index in [-0.39, 0.29) is 34.6 Å². The lowest BCUT2D eigenvalue weighted by Gasteiger charge is -2.58. The van der Waals surface area contributed by atoms with Crippen LogP contribution in [0.1, 0.15) is 77.2 Å². The van der Waals surface area contributed by atoms with Gasteiger partial charge in [-0.2, -0.15) is 0 Å². The van der Waals surface area contributed by atoms with Crippen LogP contribution in [-0.4, -0.2) is 83.8 Å². The molecule has 5 aliphatic rings. The third-order valence-corrected chi connectivity index (χ3v) is 12.6. The Morgan fingerprint density at radius 1 is 1.02 bits per heavy atom. The molecule has 1 heterocycles. The quantitative estimate of drug-likeness (QED) is 0.339. The third-order valence-electron chi connectivity index (χ3n) is 12.6. The predicted octanol–water partition coefficient (Wildman–Crippen LogP) is 3.75. The van der Waals surface area contributed by atoms with Crippen molar-refractivity contribution in [1.29, 1.82) is 0 Å². The van der Waals surface area contributed by atoms with Crippen molar-refractivity contribution in [3.63, 3.8) is 0 Å². The van der Waals surface area contributed by atoms with Crippen LogP contribution in [0.25, 0.3) is 0 Å². The van der Waals surface area contributed by atoms with E-state index in [0.717, 1.165) is 62.0 Å². The van der Waals surface area contributed by atoms with Crippen LogP contribution >= 0.6 is 0 Å². The van der Waals surface area contributed by atoms with Crippen LogP contribution in [0.4, 0.5) is 0 Å². The van der Waals surface area contributed by atoms with E-state index in [1.54, 1.807) is 21.1 Å². The van der Waals surface area contributed by atoms with Gasteiger partial charge in [0, 0.05) is 11.5 Å². The first-order valence-electron chi connectivity index (χ1n) is 16.3. The molecule has 1 saturated heterocycles. The fraction of sp³-hybridized carbons (Fsp3) is 0.743. The van der Waals surface area contributed by atoms with E-state index in [0.29, 0.717) is 17.8 Å². The molecule has 3 saturated carbocycles. The number of carbonyl (C=O) groups excluding carboxylic acids is 1. The number of ether oxygens (including phenoxy) is 4. The minimum atomic E-state index is -1.45. The molecule has 9 nitrogen and oxygen atoms in total. The number of rotatable bonds is 7. The Bertz CT molecular complexity index is 1260. The van der Waals surface area contributed by atoms with Crippen molar-refractivity contribution in [2.75, 3.05) is 20.8 Å². The van der Waals surface area contributed by atoms with Crippen LogP contribution in [-0.2, 0) is 14.3 Å². The first-order chi connectivity index (χ1) is 21.0. The number of Topliss-reactive ketones (excluding diaryl/α,β-unsaturated/α-hetero) is 1. The molecule has 4 fully saturated rings. The number of hydrogen-bond donors (Lipinski definition) is 4. The molecule has 0 bridgehead atoms. The zero-order valence-corrected chi connectivity index (χ0v) is 26.6. The van der Waals surface area contributed by atoms with Gasteiger partial charge in [-0.3, -0.25) is 4.79 Å². The zero-order valence-electron chi connectivity index (χ0n) is 26.6. The molecule has 9 heteroatoms. The second kappa shape index (κ2) is 12.0. The van der Waals surface area contributed by atoms with Crippen LogP contribution in [0.2, 0.25) is 0 Å². The molecule has 13 atom stereocenters. The minimum Gasteiger partial charge on any atom is -0.497 e. The van der Waals surface area contributed by atoms with Crippen LogP contribution in [0.15, 0.2) is 29.8 Å². The van der Waals surface area contributed by atoms with E-state index in [1.165, 1.54) is 5.57 Å². The molecule has 6 rings (SSSR count). The van der Waals surface area contributed by atoms with E-state index >= 15 is 0 Å². The SMILES string of the molecule is COc1ccc(OC)c([C@@H]2C[C@H]3[C@@H]4CC=C5C[C@@H](O[C@@H]6O[C@H](CO)[C@H](O)[C@H](O)[C@H]6O)CC[C@]5(C)[C@H]4CC[C@]3(C)[C@H]2C(C)=O)c1. The standard InChI is InChI=1S/C35H50O9/c1-18(37)29-24(23-15-20(41-4)7-9-27(23)42-5)16-26-22-8-6-19-14-21(10-12-34(19,2)25(22)11-13-35(26,29)3)43-33-32(40)31(39)30(38)28(17-36)44-33/h6-7,9,15,21-22,24-26,28-33,36,38-40H,8,10-14,16-17H2,1-5H3/t21-,22+,24-,25-,26-,28+,29-,30-,31-,32+,33+,34-,35-/m0/s1. The highest BCUT2D eigenvalue weighted by atomic mass is 16.7. The highest BCUT2D eigenvalue weighted by Gasteiger charge is 2.62. The Morgan fingerprint density at radius 3 is 2.48 bits per heavy atom. The first-order valence-corrected chi connectivity index (χ1v) is 16.3. The smallest absolute Gasteiger partial charge is 0.186 e. The summed E-state index contributed by atoms with van der Waals surface area (Å²) in [6.45, 7) is 6.06. The fourth-order valence-corrected chi connectivity index (χ4v) is 10.3. The van der Waals surface area contributed by atoms with E-state index in [4.69, 9.17) is 18.9 Å². The van der Waals surface area contributed by atoms with Gasteiger partial charge in [-0.1, -0.05) is 25.5 Å².